The molecule has 1 N–H and O–H groups in total. The molecule has 0 fully saturated rings. The Morgan fingerprint density at radius 1 is 0.943 bits per heavy atom. The first kappa shape index (κ1) is 28.3. The number of rotatable bonds is 12. The Balaban J connectivity index is 2.49. The van der Waals surface area contributed by atoms with Gasteiger partial charge in [0.25, 0.3) is 0 Å². The zero-order chi connectivity index (χ0) is 26.2. The van der Waals surface area contributed by atoms with Crippen LogP contribution in [0.2, 0.25) is 0 Å². The number of nitrogens with one attached hydrogen (secondary N) is 1. The molecule has 2 atom stereocenters. The molecule has 0 saturated heterocycles. The number of carbonyl (C=O) groups is 2. The third-order valence-corrected chi connectivity index (χ3v) is 7.87. The SMILES string of the molecule is CC[C@@H](C)NC(=O)[C@H](CC)N(Cc1ccccc1C)C(=O)CN(c1ccccc1)S(=O)(=O)N(C)C. The highest BCUT2D eigenvalue weighted by molar-refractivity contribution is 7.90. The summed E-state index contributed by atoms with van der Waals surface area (Å²) in [4.78, 5) is 28.5. The van der Waals surface area contributed by atoms with Crippen LogP contribution in [0.4, 0.5) is 5.69 Å². The van der Waals surface area contributed by atoms with Crippen LogP contribution in [-0.4, -0.2) is 62.2 Å². The zero-order valence-electron chi connectivity index (χ0n) is 21.6. The second kappa shape index (κ2) is 12.7. The predicted molar refractivity (Wildman–Crippen MR) is 140 cm³/mol. The minimum atomic E-state index is -3.96. The van der Waals surface area contributed by atoms with Crippen LogP contribution in [0.25, 0.3) is 0 Å². The lowest BCUT2D eigenvalue weighted by Crippen LogP contribution is -2.54. The van der Waals surface area contributed by atoms with Crippen LogP contribution in [-0.2, 0) is 26.3 Å². The molecular formula is C26H38N4O4S. The number of hydrogen-bond donors (Lipinski definition) is 1. The van der Waals surface area contributed by atoms with Crippen molar-refractivity contribution in [3.63, 3.8) is 0 Å². The number of carbonyl (C=O) groups excluding carboxylic acids is 2. The molecule has 0 aliphatic heterocycles. The summed E-state index contributed by atoms with van der Waals surface area (Å²) in [5, 5.41) is 2.98. The van der Waals surface area contributed by atoms with Crippen LogP contribution in [0.3, 0.4) is 0 Å². The molecule has 2 aromatic carbocycles. The fourth-order valence-corrected chi connectivity index (χ4v) is 4.70. The van der Waals surface area contributed by atoms with Gasteiger partial charge in [-0.25, -0.2) is 4.31 Å². The number of amides is 2. The highest BCUT2D eigenvalue weighted by atomic mass is 32.2. The highest BCUT2D eigenvalue weighted by Gasteiger charge is 2.34. The van der Waals surface area contributed by atoms with E-state index in [0.29, 0.717) is 12.1 Å². The average molecular weight is 503 g/mol. The Labute approximate surface area is 210 Å². The fourth-order valence-electron chi connectivity index (χ4n) is 3.64. The van der Waals surface area contributed by atoms with E-state index in [-0.39, 0.29) is 18.5 Å². The molecule has 0 heterocycles. The van der Waals surface area contributed by atoms with Crippen LogP contribution >= 0.6 is 0 Å². The Hall–Kier alpha value is -2.91. The van der Waals surface area contributed by atoms with E-state index in [1.165, 1.54) is 19.0 Å². The van der Waals surface area contributed by atoms with Gasteiger partial charge in [0.2, 0.25) is 11.8 Å². The van der Waals surface area contributed by atoms with E-state index in [4.69, 9.17) is 0 Å². The zero-order valence-corrected chi connectivity index (χ0v) is 22.4. The molecule has 8 nitrogen and oxygen atoms in total. The summed E-state index contributed by atoms with van der Waals surface area (Å²) in [5.41, 5.74) is 2.27. The van der Waals surface area contributed by atoms with Crippen molar-refractivity contribution >= 4 is 27.7 Å². The Morgan fingerprint density at radius 2 is 1.54 bits per heavy atom. The molecular weight excluding hydrogens is 464 g/mol. The molecule has 0 unspecified atom stereocenters. The van der Waals surface area contributed by atoms with Gasteiger partial charge in [-0.1, -0.05) is 56.3 Å². The number of nitrogens with zero attached hydrogens (tertiary/aromatic N) is 3. The van der Waals surface area contributed by atoms with Gasteiger partial charge in [-0.15, -0.1) is 0 Å². The van der Waals surface area contributed by atoms with Crippen molar-refractivity contribution in [2.24, 2.45) is 0 Å². The minimum absolute atomic E-state index is 0.0399. The number of anilines is 1. The molecule has 2 rings (SSSR count). The van der Waals surface area contributed by atoms with Crippen molar-refractivity contribution in [3.05, 3.63) is 65.7 Å². The maximum Gasteiger partial charge on any atom is 0.304 e. The van der Waals surface area contributed by atoms with Crippen molar-refractivity contribution in [1.82, 2.24) is 14.5 Å². The van der Waals surface area contributed by atoms with E-state index in [1.807, 2.05) is 52.0 Å². The molecule has 35 heavy (non-hydrogen) atoms. The van der Waals surface area contributed by atoms with E-state index in [1.54, 1.807) is 30.3 Å². The van der Waals surface area contributed by atoms with Crippen molar-refractivity contribution in [2.75, 3.05) is 24.9 Å². The average Bonchev–Trinajstić information content (AvgIpc) is 2.83. The normalized spacial score (nSPS) is 13.2. The van der Waals surface area contributed by atoms with Crippen LogP contribution in [0.1, 0.15) is 44.7 Å². The van der Waals surface area contributed by atoms with E-state index < -0.39 is 28.7 Å². The fraction of sp³-hybridized carbons (Fsp3) is 0.462. The smallest absolute Gasteiger partial charge is 0.304 e. The van der Waals surface area contributed by atoms with Gasteiger partial charge >= 0.3 is 10.2 Å². The van der Waals surface area contributed by atoms with Gasteiger partial charge in [-0.3, -0.25) is 9.59 Å². The number of para-hydroxylation sites is 1. The monoisotopic (exact) mass is 502 g/mol. The molecule has 9 heteroatoms. The quantitative estimate of drug-likeness (QED) is 0.482. The van der Waals surface area contributed by atoms with Crippen LogP contribution < -0.4 is 9.62 Å². The molecule has 2 amide bonds. The van der Waals surface area contributed by atoms with E-state index in [0.717, 1.165) is 26.2 Å². The Kier molecular flexibility index (Phi) is 10.3. The standard InChI is InChI=1S/C26H38N4O4S/c1-7-21(4)27-26(32)24(8-2)29(18-22-15-13-12-14-20(22)3)25(31)19-30(35(33,34)28(5)6)23-16-10-9-11-17-23/h9-17,21,24H,7-8,18-19H2,1-6H3,(H,27,32)/t21-,24+/m1/s1. The van der Waals surface area contributed by atoms with E-state index in [9.17, 15) is 18.0 Å². The van der Waals surface area contributed by atoms with Crippen LogP contribution in [0, 0.1) is 6.92 Å². The van der Waals surface area contributed by atoms with Gasteiger partial charge in [-0.2, -0.15) is 12.7 Å². The summed E-state index contributed by atoms with van der Waals surface area (Å²) in [7, 11) is -1.11. The molecule has 0 aromatic heterocycles. The van der Waals surface area contributed by atoms with Gasteiger partial charge in [0, 0.05) is 26.7 Å². The van der Waals surface area contributed by atoms with Crippen LogP contribution in [0.15, 0.2) is 54.6 Å². The van der Waals surface area contributed by atoms with Crippen LogP contribution in [0.5, 0.6) is 0 Å². The van der Waals surface area contributed by atoms with Crippen molar-refractivity contribution in [3.8, 4) is 0 Å². The predicted octanol–water partition coefficient (Wildman–Crippen LogP) is 3.33. The van der Waals surface area contributed by atoms with E-state index in [2.05, 4.69) is 5.32 Å². The maximum absolute atomic E-state index is 13.8. The summed E-state index contributed by atoms with van der Waals surface area (Å²) >= 11 is 0. The van der Waals surface area contributed by atoms with E-state index >= 15 is 0 Å². The Bertz CT molecular complexity index is 1090. The molecule has 0 saturated carbocycles. The van der Waals surface area contributed by atoms with Gasteiger partial charge in [0.05, 0.1) is 5.69 Å². The van der Waals surface area contributed by atoms with Gasteiger partial charge < -0.3 is 10.2 Å². The number of aryl methyl sites for hydroxylation is 1. The summed E-state index contributed by atoms with van der Waals surface area (Å²) in [6.45, 7) is 7.46. The molecule has 0 aliphatic rings. The lowest BCUT2D eigenvalue weighted by atomic mass is 10.1. The third-order valence-electron chi connectivity index (χ3n) is 6.05. The Morgan fingerprint density at radius 3 is 2.09 bits per heavy atom. The first-order chi connectivity index (χ1) is 16.5. The van der Waals surface area contributed by atoms with Gasteiger partial charge in [0.1, 0.15) is 12.6 Å². The molecule has 0 bridgehead atoms. The summed E-state index contributed by atoms with van der Waals surface area (Å²) in [5.74, 6) is -0.695. The molecule has 0 spiro atoms. The minimum Gasteiger partial charge on any atom is -0.352 e. The number of benzene rings is 2. The highest BCUT2D eigenvalue weighted by Crippen LogP contribution is 2.21. The summed E-state index contributed by atoms with van der Waals surface area (Å²) < 4.78 is 28.5. The third kappa shape index (κ3) is 7.29. The second-order valence-corrected chi connectivity index (χ2v) is 10.9. The van der Waals surface area contributed by atoms with Crippen molar-refractivity contribution in [1.29, 1.82) is 0 Å². The summed E-state index contributed by atoms with van der Waals surface area (Å²) in [6, 6.07) is 15.4. The van der Waals surface area contributed by atoms with Crippen molar-refractivity contribution < 1.29 is 18.0 Å². The lowest BCUT2D eigenvalue weighted by Gasteiger charge is -2.34. The molecule has 0 radical (unpaired) electrons. The largest absolute Gasteiger partial charge is 0.352 e. The molecule has 192 valence electrons. The maximum atomic E-state index is 13.8. The molecule has 2 aromatic rings. The molecule has 0 aliphatic carbocycles. The second-order valence-electron chi connectivity index (χ2n) is 8.82. The first-order valence-electron chi connectivity index (χ1n) is 11.9. The van der Waals surface area contributed by atoms with Gasteiger partial charge in [0.15, 0.2) is 0 Å². The van der Waals surface area contributed by atoms with Crippen molar-refractivity contribution in [2.45, 2.75) is 59.2 Å². The number of hydrogen-bond acceptors (Lipinski definition) is 4. The summed E-state index contributed by atoms with van der Waals surface area (Å²) in [6.07, 6.45) is 1.16. The lowest BCUT2D eigenvalue weighted by molar-refractivity contribution is -0.140. The van der Waals surface area contributed by atoms with Gasteiger partial charge in [-0.05, 0) is 49.9 Å². The topological polar surface area (TPSA) is 90.0 Å². The first-order valence-corrected chi connectivity index (χ1v) is 13.3.